The van der Waals surface area contributed by atoms with E-state index in [-0.39, 0.29) is 10.8 Å². The Morgan fingerprint density at radius 3 is 2.88 bits per heavy atom. The molecule has 0 bridgehead atoms. The second-order valence-corrected chi connectivity index (χ2v) is 5.77. The van der Waals surface area contributed by atoms with Gasteiger partial charge in [-0.3, -0.25) is 9.00 Å². The van der Waals surface area contributed by atoms with Gasteiger partial charge in [0, 0.05) is 47.8 Å². The third kappa shape index (κ3) is 3.96. The molecule has 0 spiro atoms. The van der Waals surface area contributed by atoms with E-state index in [0.717, 1.165) is 6.42 Å². The lowest BCUT2D eigenvalue weighted by atomic mass is 10.4. The fourth-order valence-corrected chi connectivity index (χ4v) is 1.66. The van der Waals surface area contributed by atoms with Gasteiger partial charge in [-0.2, -0.15) is 0 Å². The summed E-state index contributed by atoms with van der Waals surface area (Å²) in [6.45, 7) is 5.06. The molecule has 0 radical (unpaired) electrons. The normalized spacial score (nSPS) is 14.3. The van der Waals surface area contributed by atoms with Crippen molar-refractivity contribution in [2.24, 2.45) is 0 Å². The van der Waals surface area contributed by atoms with Crippen LogP contribution in [0.3, 0.4) is 0 Å². The molecule has 1 N–H and O–H groups in total. The topological polar surface area (TPSA) is 64.0 Å². The molecule has 2 atom stereocenters. The Bertz CT molecular complexity index is 445. The van der Waals surface area contributed by atoms with Gasteiger partial charge in [-0.1, -0.05) is 6.92 Å². The molecule has 1 aromatic rings. The number of nitrogens with zero attached hydrogens (tertiary/aromatic N) is 2. The van der Waals surface area contributed by atoms with Crippen molar-refractivity contribution < 1.29 is 4.21 Å². The van der Waals surface area contributed by atoms with Gasteiger partial charge in [0.1, 0.15) is 0 Å². The third-order valence-electron chi connectivity index (χ3n) is 2.50. The minimum absolute atomic E-state index is 0.00367. The molecule has 0 saturated carbocycles. The number of aryl methyl sites for hydroxylation is 1. The van der Waals surface area contributed by atoms with E-state index in [1.54, 1.807) is 23.2 Å². The van der Waals surface area contributed by atoms with E-state index >= 15 is 0 Å². The molecule has 1 heterocycles. The van der Waals surface area contributed by atoms with Gasteiger partial charge in [0.05, 0.1) is 0 Å². The fraction of sp³-hybridized carbons (Fsp3) is 0.636. The van der Waals surface area contributed by atoms with Gasteiger partial charge in [-0.05, 0) is 13.3 Å². The number of anilines is 1. The zero-order valence-electron chi connectivity index (χ0n) is 10.5. The Hall–Kier alpha value is -1.17. The van der Waals surface area contributed by atoms with E-state index in [1.165, 1.54) is 0 Å². The zero-order valence-corrected chi connectivity index (χ0v) is 11.3. The Labute approximate surface area is 104 Å². The van der Waals surface area contributed by atoms with Crippen molar-refractivity contribution in [3.8, 4) is 0 Å². The molecule has 96 valence electrons. The Kier molecular flexibility index (Phi) is 5.34. The zero-order chi connectivity index (χ0) is 12.8. The quantitative estimate of drug-likeness (QED) is 0.820. The van der Waals surface area contributed by atoms with Crippen molar-refractivity contribution >= 4 is 16.6 Å². The standard InChI is InChI=1S/C11H19N3O2S/c1-4-6-14-7-5-12-10(11(14)15)13-8-9(2)17(3)16/h5,7,9H,4,6,8H2,1-3H3,(H,12,13). The van der Waals surface area contributed by atoms with Crippen LogP contribution in [0.2, 0.25) is 0 Å². The molecule has 0 aliphatic heterocycles. The van der Waals surface area contributed by atoms with Crippen LogP contribution in [-0.4, -0.2) is 31.8 Å². The van der Waals surface area contributed by atoms with Crippen molar-refractivity contribution in [3.05, 3.63) is 22.7 Å². The summed E-state index contributed by atoms with van der Waals surface area (Å²) in [7, 11) is -0.898. The largest absolute Gasteiger partial charge is 0.364 e. The molecule has 0 fully saturated rings. The highest BCUT2D eigenvalue weighted by Gasteiger charge is 2.08. The van der Waals surface area contributed by atoms with Crippen LogP contribution in [0, 0.1) is 0 Å². The van der Waals surface area contributed by atoms with E-state index in [4.69, 9.17) is 0 Å². The van der Waals surface area contributed by atoms with Crippen LogP contribution in [0.5, 0.6) is 0 Å². The summed E-state index contributed by atoms with van der Waals surface area (Å²) in [4.78, 5) is 15.9. The summed E-state index contributed by atoms with van der Waals surface area (Å²) >= 11 is 0. The summed E-state index contributed by atoms with van der Waals surface area (Å²) in [5.41, 5.74) is -0.122. The van der Waals surface area contributed by atoms with Crippen molar-refractivity contribution in [2.45, 2.75) is 32.1 Å². The molecule has 0 aromatic carbocycles. The first-order valence-electron chi connectivity index (χ1n) is 5.67. The molecule has 5 nitrogen and oxygen atoms in total. The van der Waals surface area contributed by atoms with E-state index in [9.17, 15) is 9.00 Å². The molecular weight excluding hydrogens is 238 g/mol. The average molecular weight is 257 g/mol. The molecule has 1 rings (SSSR count). The van der Waals surface area contributed by atoms with Crippen LogP contribution in [0.15, 0.2) is 17.2 Å². The highest BCUT2D eigenvalue weighted by molar-refractivity contribution is 7.84. The van der Waals surface area contributed by atoms with Crippen molar-refractivity contribution in [3.63, 3.8) is 0 Å². The first kappa shape index (κ1) is 13.9. The van der Waals surface area contributed by atoms with Crippen molar-refractivity contribution in [1.82, 2.24) is 9.55 Å². The number of rotatable bonds is 6. The predicted octanol–water partition coefficient (Wildman–Crippen LogP) is 0.832. The number of hydrogen-bond donors (Lipinski definition) is 1. The van der Waals surface area contributed by atoms with E-state index in [0.29, 0.717) is 18.9 Å². The van der Waals surface area contributed by atoms with Gasteiger partial charge in [-0.25, -0.2) is 4.98 Å². The van der Waals surface area contributed by atoms with Gasteiger partial charge in [0.25, 0.3) is 5.56 Å². The average Bonchev–Trinajstić information content (AvgIpc) is 2.30. The minimum atomic E-state index is -0.898. The van der Waals surface area contributed by atoms with Crippen molar-refractivity contribution in [1.29, 1.82) is 0 Å². The van der Waals surface area contributed by atoms with E-state index < -0.39 is 10.8 Å². The van der Waals surface area contributed by atoms with Crippen molar-refractivity contribution in [2.75, 3.05) is 18.1 Å². The van der Waals surface area contributed by atoms with Crippen LogP contribution in [-0.2, 0) is 17.3 Å². The summed E-state index contributed by atoms with van der Waals surface area (Å²) in [5, 5.41) is 2.95. The maximum Gasteiger partial charge on any atom is 0.293 e. The highest BCUT2D eigenvalue weighted by atomic mass is 32.2. The Balaban J connectivity index is 2.75. The third-order valence-corrected chi connectivity index (χ3v) is 3.80. The summed E-state index contributed by atoms with van der Waals surface area (Å²) in [5.74, 6) is 0.332. The van der Waals surface area contributed by atoms with E-state index in [2.05, 4.69) is 10.3 Å². The van der Waals surface area contributed by atoms with Gasteiger partial charge in [0.15, 0.2) is 5.82 Å². The molecule has 0 aliphatic carbocycles. The monoisotopic (exact) mass is 257 g/mol. The summed E-state index contributed by atoms with van der Waals surface area (Å²) in [6, 6.07) is 0. The first-order chi connectivity index (χ1) is 8.06. The molecule has 0 saturated heterocycles. The van der Waals surface area contributed by atoms with Crippen LogP contribution < -0.4 is 10.9 Å². The van der Waals surface area contributed by atoms with Crippen LogP contribution >= 0.6 is 0 Å². The lowest BCUT2D eigenvalue weighted by Crippen LogP contribution is -2.28. The highest BCUT2D eigenvalue weighted by Crippen LogP contribution is 1.97. The summed E-state index contributed by atoms with van der Waals surface area (Å²) < 4.78 is 12.8. The lowest BCUT2D eigenvalue weighted by Gasteiger charge is -2.11. The molecular formula is C11H19N3O2S. The molecule has 2 unspecified atom stereocenters. The SMILES string of the molecule is CCCn1ccnc(NCC(C)S(C)=O)c1=O. The molecule has 0 aliphatic rings. The first-order valence-corrected chi connectivity index (χ1v) is 7.30. The van der Waals surface area contributed by atoms with Gasteiger partial charge >= 0.3 is 0 Å². The van der Waals surface area contributed by atoms with E-state index in [1.807, 2.05) is 13.8 Å². The number of hydrogen-bond acceptors (Lipinski definition) is 4. The second kappa shape index (κ2) is 6.54. The molecule has 0 amide bonds. The number of nitrogens with one attached hydrogen (secondary N) is 1. The number of aromatic nitrogens is 2. The predicted molar refractivity (Wildman–Crippen MR) is 70.8 cm³/mol. The van der Waals surface area contributed by atoms with Gasteiger partial charge in [0.2, 0.25) is 0 Å². The summed E-state index contributed by atoms with van der Waals surface area (Å²) in [6.07, 6.45) is 5.84. The maximum absolute atomic E-state index is 11.9. The molecule has 6 heteroatoms. The van der Waals surface area contributed by atoms with Crippen LogP contribution in [0.1, 0.15) is 20.3 Å². The molecule has 1 aromatic heterocycles. The Morgan fingerprint density at radius 1 is 1.59 bits per heavy atom. The van der Waals surface area contributed by atoms with Crippen LogP contribution in [0.25, 0.3) is 0 Å². The Morgan fingerprint density at radius 2 is 2.29 bits per heavy atom. The molecule has 17 heavy (non-hydrogen) atoms. The van der Waals surface area contributed by atoms with Crippen LogP contribution in [0.4, 0.5) is 5.82 Å². The smallest absolute Gasteiger partial charge is 0.293 e. The minimum Gasteiger partial charge on any atom is -0.364 e. The van der Waals surface area contributed by atoms with Gasteiger partial charge < -0.3 is 9.88 Å². The lowest BCUT2D eigenvalue weighted by molar-refractivity contribution is 0.649. The fourth-order valence-electron chi connectivity index (χ4n) is 1.34. The van der Waals surface area contributed by atoms with Gasteiger partial charge in [-0.15, -0.1) is 0 Å². The maximum atomic E-state index is 11.9. The second-order valence-electron chi connectivity index (χ2n) is 3.96.